The average molecular weight is 162 g/mol. The van der Waals surface area contributed by atoms with Gasteiger partial charge < -0.3 is 9.16 Å². The van der Waals surface area contributed by atoms with Crippen molar-refractivity contribution in [2.24, 2.45) is 0 Å². The normalized spacial score (nSPS) is 45.0. The van der Waals surface area contributed by atoms with Crippen LogP contribution >= 0.6 is 0 Å². The molecule has 1 fully saturated rings. The molecule has 0 bridgehead atoms. The SMILES string of the molecule is COC1C[Si](C)(OC)[SiH2]1. The van der Waals surface area contributed by atoms with Crippen LogP contribution < -0.4 is 0 Å². The van der Waals surface area contributed by atoms with Crippen LogP contribution in [0.5, 0.6) is 0 Å². The summed E-state index contributed by atoms with van der Waals surface area (Å²) in [4.78, 5) is 0. The van der Waals surface area contributed by atoms with E-state index in [9.17, 15) is 0 Å². The van der Waals surface area contributed by atoms with E-state index in [4.69, 9.17) is 9.16 Å². The zero-order valence-corrected chi connectivity index (χ0v) is 8.72. The summed E-state index contributed by atoms with van der Waals surface area (Å²) in [5, 5.41) is 0. The molecule has 2 unspecified atom stereocenters. The van der Waals surface area contributed by atoms with E-state index < -0.39 is 7.83 Å². The van der Waals surface area contributed by atoms with Crippen LogP contribution in [-0.2, 0) is 9.16 Å². The topological polar surface area (TPSA) is 18.5 Å². The van der Waals surface area contributed by atoms with Crippen LogP contribution in [0.2, 0.25) is 12.6 Å². The van der Waals surface area contributed by atoms with Gasteiger partial charge in [-0.2, -0.15) is 0 Å². The maximum absolute atomic E-state index is 5.43. The van der Waals surface area contributed by atoms with E-state index in [1.54, 1.807) is 7.11 Å². The highest BCUT2D eigenvalue weighted by Gasteiger charge is 2.44. The highest BCUT2D eigenvalue weighted by Crippen LogP contribution is 2.25. The fraction of sp³-hybridized carbons (Fsp3) is 1.00. The quantitative estimate of drug-likeness (QED) is 0.526. The Morgan fingerprint density at radius 1 is 1.56 bits per heavy atom. The van der Waals surface area contributed by atoms with Crippen molar-refractivity contribution in [2.75, 3.05) is 14.2 Å². The number of rotatable bonds is 2. The van der Waals surface area contributed by atoms with Crippen molar-refractivity contribution in [1.82, 2.24) is 0 Å². The summed E-state index contributed by atoms with van der Waals surface area (Å²) < 4.78 is 10.6. The molecule has 1 aliphatic rings. The van der Waals surface area contributed by atoms with Gasteiger partial charge in [0.15, 0.2) is 7.83 Å². The molecule has 1 aliphatic heterocycles. The zero-order chi connectivity index (χ0) is 6.91. The Balaban J connectivity index is 2.24. The summed E-state index contributed by atoms with van der Waals surface area (Å²) in [6.45, 7) is 2.31. The first-order chi connectivity index (χ1) is 4.20. The molecule has 54 valence electrons. The van der Waals surface area contributed by atoms with Crippen LogP contribution in [0.1, 0.15) is 0 Å². The second-order valence-corrected chi connectivity index (χ2v) is 13.7. The van der Waals surface area contributed by atoms with Crippen molar-refractivity contribution < 1.29 is 9.16 Å². The van der Waals surface area contributed by atoms with Crippen LogP contribution in [0.15, 0.2) is 0 Å². The van der Waals surface area contributed by atoms with Crippen LogP contribution in [0, 0.1) is 0 Å². The van der Waals surface area contributed by atoms with Crippen LogP contribution in [0.3, 0.4) is 0 Å². The third-order valence-electron chi connectivity index (χ3n) is 2.15. The molecule has 0 saturated carbocycles. The van der Waals surface area contributed by atoms with Gasteiger partial charge in [-0.15, -0.1) is 0 Å². The molecule has 2 atom stereocenters. The van der Waals surface area contributed by atoms with E-state index in [0.717, 1.165) is 0 Å². The smallest absolute Gasteiger partial charge is 0.174 e. The number of hydrogen-bond donors (Lipinski definition) is 0. The molecule has 0 radical (unpaired) electrons. The van der Waals surface area contributed by atoms with Crippen LogP contribution in [0.4, 0.5) is 0 Å². The van der Waals surface area contributed by atoms with Crippen molar-refractivity contribution in [2.45, 2.75) is 18.3 Å². The van der Waals surface area contributed by atoms with Gasteiger partial charge in [-0.3, -0.25) is 0 Å². The van der Waals surface area contributed by atoms with Crippen molar-refractivity contribution in [3.8, 4) is 0 Å². The Bertz CT molecular complexity index is 101. The minimum absolute atomic E-state index is 0.0309. The summed E-state index contributed by atoms with van der Waals surface area (Å²) in [6, 6.07) is 1.24. The highest BCUT2D eigenvalue weighted by molar-refractivity contribution is 7.26. The zero-order valence-electron chi connectivity index (χ0n) is 6.31. The minimum Gasteiger partial charge on any atom is -0.423 e. The first-order valence-corrected chi connectivity index (χ1v) is 9.04. The van der Waals surface area contributed by atoms with Crippen LogP contribution in [0.25, 0.3) is 0 Å². The van der Waals surface area contributed by atoms with Gasteiger partial charge in [0.1, 0.15) is 0 Å². The van der Waals surface area contributed by atoms with Gasteiger partial charge in [0, 0.05) is 19.9 Å². The largest absolute Gasteiger partial charge is 0.423 e. The summed E-state index contributed by atoms with van der Waals surface area (Å²) in [7, 11) is 2.65. The molecule has 2 nitrogen and oxygen atoms in total. The predicted molar refractivity (Wildman–Crippen MR) is 42.8 cm³/mol. The predicted octanol–water partition coefficient (Wildman–Crippen LogP) is -0.140. The molecule has 1 heterocycles. The van der Waals surface area contributed by atoms with Gasteiger partial charge in [-0.05, 0) is 12.6 Å². The lowest BCUT2D eigenvalue weighted by atomic mass is 10.8. The van der Waals surface area contributed by atoms with Gasteiger partial charge in [0.25, 0.3) is 0 Å². The third kappa shape index (κ3) is 1.43. The monoisotopic (exact) mass is 162 g/mol. The average Bonchev–Trinajstić information content (AvgIpc) is 1.81. The molecule has 0 aromatic rings. The first-order valence-electron chi connectivity index (χ1n) is 3.28. The standard InChI is InChI=1S/C5H14O2Si2/c1-6-5-4-9(3,7-2)8-5/h5H,4,8H2,1-3H3. The molecule has 0 N–H and O–H groups in total. The number of ether oxygens (including phenoxy) is 1. The Hall–Kier alpha value is 0.354. The van der Waals surface area contributed by atoms with E-state index in [1.165, 1.54) is 6.04 Å². The molecule has 1 rings (SSSR count). The van der Waals surface area contributed by atoms with Crippen molar-refractivity contribution in [3.63, 3.8) is 0 Å². The summed E-state index contributed by atoms with van der Waals surface area (Å²) in [6.07, 6.45) is 0. The molecule has 9 heavy (non-hydrogen) atoms. The fourth-order valence-corrected chi connectivity index (χ4v) is 9.43. The molecule has 4 heteroatoms. The second kappa shape index (κ2) is 2.53. The minimum atomic E-state index is -1.04. The maximum atomic E-state index is 5.43. The van der Waals surface area contributed by atoms with Crippen LogP contribution in [-0.4, -0.2) is 36.8 Å². The molecular weight excluding hydrogens is 148 g/mol. The van der Waals surface area contributed by atoms with E-state index in [-0.39, 0.29) is 9.04 Å². The molecule has 1 saturated heterocycles. The molecule has 0 aromatic carbocycles. The van der Waals surface area contributed by atoms with E-state index in [1.807, 2.05) is 7.11 Å². The van der Waals surface area contributed by atoms with Gasteiger partial charge in [-0.1, -0.05) is 0 Å². The first kappa shape index (κ1) is 7.46. The van der Waals surface area contributed by atoms with E-state index >= 15 is 0 Å². The molecule has 0 amide bonds. The fourth-order valence-electron chi connectivity index (χ4n) is 1.24. The van der Waals surface area contributed by atoms with E-state index in [2.05, 4.69) is 6.55 Å². The van der Waals surface area contributed by atoms with Gasteiger partial charge in [0.2, 0.25) is 0 Å². The van der Waals surface area contributed by atoms with Crippen molar-refractivity contribution in [3.05, 3.63) is 0 Å². The lowest BCUT2D eigenvalue weighted by Gasteiger charge is -2.40. The lowest BCUT2D eigenvalue weighted by Crippen LogP contribution is -2.60. The Kier molecular flexibility index (Phi) is 2.10. The Labute approximate surface area is 59.3 Å². The van der Waals surface area contributed by atoms with Gasteiger partial charge in [-0.25, -0.2) is 0 Å². The number of methoxy groups -OCH3 is 1. The maximum Gasteiger partial charge on any atom is 0.174 e. The van der Waals surface area contributed by atoms with Gasteiger partial charge >= 0.3 is 0 Å². The van der Waals surface area contributed by atoms with Crippen molar-refractivity contribution >= 4 is 16.9 Å². The van der Waals surface area contributed by atoms with E-state index in [0.29, 0.717) is 5.73 Å². The Morgan fingerprint density at radius 2 is 2.11 bits per heavy atom. The van der Waals surface area contributed by atoms with Gasteiger partial charge in [0.05, 0.1) is 9.04 Å². The summed E-state index contributed by atoms with van der Waals surface area (Å²) in [5.74, 6) is 0. The molecule has 0 aromatic heterocycles. The third-order valence-corrected chi connectivity index (χ3v) is 12.7. The summed E-state index contributed by atoms with van der Waals surface area (Å²) in [5.41, 5.74) is 0.640. The second-order valence-electron chi connectivity index (χ2n) is 2.92. The van der Waals surface area contributed by atoms with Crippen molar-refractivity contribution in [1.29, 1.82) is 0 Å². The lowest BCUT2D eigenvalue weighted by molar-refractivity contribution is 0.165. The highest BCUT2D eigenvalue weighted by atomic mass is 29.2. The molecule has 0 aliphatic carbocycles. The molecule has 0 spiro atoms. The molecular formula is C5H14O2Si2. The Morgan fingerprint density at radius 3 is 2.44 bits per heavy atom. The number of hydrogen-bond acceptors (Lipinski definition) is 2. The summed E-state index contributed by atoms with van der Waals surface area (Å²) >= 11 is 0.